The van der Waals surface area contributed by atoms with Gasteiger partial charge in [-0.15, -0.1) is 5.10 Å². The highest BCUT2D eigenvalue weighted by atomic mass is 16.6. The van der Waals surface area contributed by atoms with Gasteiger partial charge in [0.2, 0.25) is 5.91 Å². The van der Waals surface area contributed by atoms with Gasteiger partial charge in [0, 0.05) is 28.7 Å². The molecule has 0 aliphatic heterocycles. The number of aryl methyl sites for hydroxylation is 1. The number of hydrogen-bond acceptors (Lipinski definition) is 6. The second-order valence-electron chi connectivity index (χ2n) is 8.70. The average Bonchev–Trinajstić information content (AvgIpc) is 3.21. The summed E-state index contributed by atoms with van der Waals surface area (Å²) in [5.74, 6) is -0.145. The van der Waals surface area contributed by atoms with Crippen LogP contribution in [0.4, 0.5) is 27.7 Å². The minimum Gasteiger partial charge on any atom is -0.442 e. The molecule has 0 atom stereocenters. The largest absolute Gasteiger partial charge is 0.442 e. The van der Waals surface area contributed by atoms with E-state index < -0.39 is 11.7 Å². The van der Waals surface area contributed by atoms with Crippen molar-refractivity contribution >= 4 is 40.8 Å². The van der Waals surface area contributed by atoms with Crippen LogP contribution in [0.2, 0.25) is 0 Å². The van der Waals surface area contributed by atoms with E-state index in [0.717, 1.165) is 0 Å². The van der Waals surface area contributed by atoms with Gasteiger partial charge in [0.05, 0.1) is 5.69 Å². The lowest BCUT2D eigenvalue weighted by Gasteiger charge is -2.19. The zero-order chi connectivity index (χ0) is 25.6. The van der Waals surface area contributed by atoms with Crippen molar-refractivity contribution in [2.75, 3.05) is 16.0 Å². The molecule has 0 aliphatic carbocycles. The van der Waals surface area contributed by atoms with Gasteiger partial charge in [0.25, 0.3) is 5.91 Å². The molecule has 182 valence electrons. The van der Waals surface area contributed by atoms with Crippen molar-refractivity contribution in [2.24, 2.45) is 0 Å². The van der Waals surface area contributed by atoms with Crippen LogP contribution >= 0.6 is 0 Å². The lowest BCUT2D eigenvalue weighted by molar-refractivity contribution is -0.111. The Morgan fingerprint density at radius 3 is 2.31 bits per heavy atom. The summed E-state index contributed by atoms with van der Waals surface area (Å²) in [5, 5.41) is 13.0. The van der Waals surface area contributed by atoms with Gasteiger partial charge in [0.15, 0.2) is 5.82 Å². The molecule has 3 N–H and O–H groups in total. The zero-order valence-corrected chi connectivity index (χ0v) is 20.2. The summed E-state index contributed by atoms with van der Waals surface area (Å²) in [7, 11) is 0. The van der Waals surface area contributed by atoms with E-state index in [4.69, 9.17) is 4.74 Å². The summed E-state index contributed by atoms with van der Waals surface area (Å²) in [6.45, 7) is 10.7. The van der Waals surface area contributed by atoms with E-state index in [1.807, 2.05) is 13.0 Å². The monoisotopic (exact) mass is 475 g/mol. The van der Waals surface area contributed by atoms with Crippen LogP contribution in [0, 0.1) is 0 Å². The van der Waals surface area contributed by atoms with Crippen LogP contribution in [-0.4, -0.2) is 33.3 Å². The maximum absolute atomic E-state index is 12.6. The van der Waals surface area contributed by atoms with Gasteiger partial charge in [-0.3, -0.25) is 9.59 Å². The Kier molecular flexibility index (Phi) is 7.70. The Balaban J connectivity index is 1.69. The van der Waals surface area contributed by atoms with E-state index in [0.29, 0.717) is 40.6 Å². The third-order valence-electron chi connectivity index (χ3n) is 4.70. The molecule has 0 unspecified atom stereocenters. The molecule has 1 heterocycles. The van der Waals surface area contributed by atoms with Crippen LogP contribution in [0.3, 0.4) is 0 Å². The second-order valence-corrected chi connectivity index (χ2v) is 8.70. The standard InChI is InChI=1S/C26H29N5O4/c1-6-21-16-22(30-31(21)25(34)35-26(3,4)5)27-19-9-8-10-20(15-19)29-24(33)17-11-13-18(14-12-17)28-23(32)7-2/h7-16H,2,6H2,1,3-5H3,(H,27,30)(H,28,32)(H,29,33). The molecular weight excluding hydrogens is 446 g/mol. The number of hydrogen-bond donors (Lipinski definition) is 3. The van der Waals surface area contributed by atoms with Crippen LogP contribution in [0.1, 0.15) is 43.7 Å². The van der Waals surface area contributed by atoms with Crippen LogP contribution in [0.15, 0.2) is 67.3 Å². The van der Waals surface area contributed by atoms with Crippen molar-refractivity contribution in [3.63, 3.8) is 0 Å². The summed E-state index contributed by atoms with van der Waals surface area (Å²) in [6, 6.07) is 15.4. The van der Waals surface area contributed by atoms with Crippen LogP contribution in [0.25, 0.3) is 0 Å². The van der Waals surface area contributed by atoms with Crippen molar-refractivity contribution in [3.8, 4) is 0 Å². The number of carbonyl (C=O) groups is 3. The number of carbonyl (C=O) groups excluding carboxylic acids is 3. The molecule has 35 heavy (non-hydrogen) atoms. The zero-order valence-electron chi connectivity index (χ0n) is 20.2. The summed E-state index contributed by atoms with van der Waals surface area (Å²) < 4.78 is 6.68. The molecule has 3 rings (SSSR count). The van der Waals surface area contributed by atoms with Gasteiger partial charge in [0.1, 0.15) is 5.60 Å². The lowest BCUT2D eigenvalue weighted by atomic mass is 10.2. The first-order valence-electron chi connectivity index (χ1n) is 11.1. The maximum atomic E-state index is 12.6. The molecule has 9 nitrogen and oxygen atoms in total. The summed E-state index contributed by atoms with van der Waals surface area (Å²) in [4.78, 5) is 36.5. The third kappa shape index (κ3) is 7.04. The molecule has 0 spiro atoms. The fourth-order valence-electron chi connectivity index (χ4n) is 3.12. The molecule has 0 bridgehead atoms. The number of nitrogens with zero attached hydrogens (tertiary/aromatic N) is 2. The van der Waals surface area contributed by atoms with Crippen LogP contribution in [0.5, 0.6) is 0 Å². The SMILES string of the molecule is C=CC(=O)Nc1ccc(C(=O)Nc2cccc(Nc3cc(CC)n(C(=O)OC(C)(C)C)n3)c2)cc1. The molecule has 0 radical (unpaired) electrons. The van der Waals surface area contributed by atoms with Gasteiger partial charge in [-0.25, -0.2) is 4.79 Å². The van der Waals surface area contributed by atoms with Gasteiger partial charge in [-0.2, -0.15) is 4.68 Å². The van der Waals surface area contributed by atoms with E-state index in [1.54, 1.807) is 69.3 Å². The Hall–Kier alpha value is -4.40. The number of benzene rings is 2. The molecule has 3 aromatic rings. The molecule has 0 fully saturated rings. The maximum Gasteiger partial charge on any atom is 0.435 e. The lowest BCUT2D eigenvalue weighted by Crippen LogP contribution is -2.28. The van der Waals surface area contributed by atoms with Gasteiger partial charge in [-0.1, -0.05) is 19.6 Å². The van der Waals surface area contributed by atoms with Crippen LogP contribution in [-0.2, 0) is 16.0 Å². The first kappa shape index (κ1) is 25.2. The van der Waals surface area contributed by atoms with Crippen molar-refractivity contribution in [3.05, 3.63) is 78.5 Å². The van der Waals surface area contributed by atoms with E-state index in [2.05, 4.69) is 27.6 Å². The second kappa shape index (κ2) is 10.7. The Labute approximate surface area is 204 Å². The summed E-state index contributed by atoms with van der Waals surface area (Å²) >= 11 is 0. The fourth-order valence-corrected chi connectivity index (χ4v) is 3.12. The van der Waals surface area contributed by atoms with Crippen molar-refractivity contribution in [1.29, 1.82) is 0 Å². The van der Waals surface area contributed by atoms with Gasteiger partial charge < -0.3 is 20.7 Å². The predicted octanol–water partition coefficient (Wildman–Crippen LogP) is 5.35. The number of anilines is 4. The highest BCUT2D eigenvalue weighted by Crippen LogP contribution is 2.22. The van der Waals surface area contributed by atoms with E-state index in [-0.39, 0.29) is 11.8 Å². The fraction of sp³-hybridized carbons (Fsp3) is 0.231. The highest BCUT2D eigenvalue weighted by Gasteiger charge is 2.21. The number of aromatic nitrogens is 2. The minimum atomic E-state index is -0.631. The number of rotatable bonds is 7. The molecule has 2 aromatic carbocycles. The number of amides is 2. The smallest absolute Gasteiger partial charge is 0.435 e. The molecule has 0 aliphatic rings. The topological polar surface area (TPSA) is 114 Å². The first-order chi connectivity index (χ1) is 16.6. The molecule has 0 saturated carbocycles. The highest BCUT2D eigenvalue weighted by molar-refractivity contribution is 6.05. The molecular formula is C26H29N5O4. The number of nitrogens with one attached hydrogen (secondary N) is 3. The predicted molar refractivity (Wildman–Crippen MR) is 136 cm³/mol. The first-order valence-corrected chi connectivity index (χ1v) is 11.1. The Morgan fingerprint density at radius 2 is 1.69 bits per heavy atom. The van der Waals surface area contributed by atoms with E-state index in [1.165, 1.54) is 10.8 Å². The Bertz CT molecular complexity index is 1240. The quantitative estimate of drug-likeness (QED) is 0.397. The van der Waals surface area contributed by atoms with Crippen LogP contribution < -0.4 is 16.0 Å². The summed E-state index contributed by atoms with van der Waals surface area (Å²) in [6.07, 6.45) is 1.23. The van der Waals surface area contributed by atoms with Crippen molar-refractivity contribution in [2.45, 2.75) is 39.7 Å². The third-order valence-corrected chi connectivity index (χ3v) is 4.70. The summed E-state index contributed by atoms with van der Waals surface area (Å²) in [5.41, 5.74) is 2.33. The number of ether oxygens (including phenoxy) is 1. The normalized spacial score (nSPS) is 10.9. The molecule has 0 saturated heterocycles. The molecule has 9 heteroatoms. The molecule has 2 amide bonds. The minimum absolute atomic E-state index is 0.300. The Morgan fingerprint density at radius 1 is 1.00 bits per heavy atom. The average molecular weight is 476 g/mol. The van der Waals surface area contributed by atoms with E-state index in [9.17, 15) is 14.4 Å². The van der Waals surface area contributed by atoms with Gasteiger partial charge >= 0.3 is 6.09 Å². The van der Waals surface area contributed by atoms with Crippen molar-refractivity contribution < 1.29 is 19.1 Å². The molecule has 1 aromatic heterocycles. The van der Waals surface area contributed by atoms with E-state index >= 15 is 0 Å². The van der Waals surface area contributed by atoms with Crippen molar-refractivity contribution in [1.82, 2.24) is 9.78 Å². The van der Waals surface area contributed by atoms with Gasteiger partial charge in [-0.05, 0) is 75.7 Å².